The van der Waals surface area contributed by atoms with Gasteiger partial charge in [0.2, 0.25) is 0 Å². The highest BCUT2D eigenvalue weighted by molar-refractivity contribution is 5.29. The summed E-state index contributed by atoms with van der Waals surface area (Å²) in [7, 11) is 0. The van der Waals surface area contributed by atoms with Crippen LogP contribution in [0.2, 0.25) is 0 Å². The Morgan fingerprint density at radius 3 is 2.74 bits per heavy atom. The SMILES string of the molecule is OC(Cc1ccccn1)c1cccc(C2CCC2)c1. The Morgan fingerprint density at radius 1 is 1.16 bits per heavy atom. The van der Waals surface area contributed by atoms with Gasteiger partial charge in [0.1, 0.15) is 0 Å². The number of rotatable bonds is 4. The third-order valence-electron chi connectivity index (χ3n) is 4.00. The largest absolute Gasteiger partial charge is 0.388 e. The van der Waals surface area contributed by atoms with Crippen LogP contribution in [0, 0.1) is 0 Å². The molecule has 2 aromatic rings. The Balaban J connectivity index is 1.74. The van der Waals surface area contributed by atoms with Gasteiger partial charge in [0, 0.05) is 18.3 Å². The molecule has 1 aliphatic carbocycles. The van der Waals surface area contributed by atoms with Crippen LogP contribution < -0.4 is 0 Å². The van der Waals surface area contributed by atoms with E-state index < -0.39 is 6.10 Å². The molecule has 0 radical (unpaired) electrons. The highest BCUT2D eigenvalue weighted by Crippen LogP contribution is 2.37. The molecule has 3 rings (SSSR count). The summed E-state index contributed by atoms with van der Waals surface area (Å²) in [5, 5.41) is 10.3. The number of aromatic nitrogens is 1. The molecule has 1 aromatic carbocycles. The molecule has 1 unspecified atom stereocenters. The van der Waals surface area contributed by atoms with Gasteiger partial charge in [0.05, 0.1) is 6.10 Å². The lowest BCUT2D eigenvalue weighted by Gasteiger charge is -2.26. The molecule has 0 aliphatic heterocycles. The molecule has 0 bridgehead atoms. The van der Waals surface area contributed by atoms with Crippen molar-refractivity contribution in [2.24, 2.45) is 0 Å². The fourth-order valence-electron chi connectivity index (χ4n) is 2.60. The van der Waals surface area contributed by atoms with Crippen molar-refractivity contribution in [1.29, 1.82) is 0 Å². The molecule has 1 atom stereocenters. The number of nitrogens with zero attached hydrogens (tertiary/aromatic N) is 1. The summed E-state index contributed by atoms with van der Waals surface area (Å²) < 4.78 is 0. The van der Waals surface area contributed by atoms with E-state index in [0.29, 0.717) is 12.3 Å². The van der Waals surface area contributed by atoms with E-state index in [1.807, 2.05) is 24.3 Å². The molecule has 1 saturated carbocycles. The van der Waals surface area contributed by atoms with E-state index in [0.717, 1.165) is 11.3 Å². The number of pyridine rings is 1. The van der Waals surface area contributed by atoms with Gasteiger partial charge < -0.3 is 5.11 Å². The Bertz CT molecular complexity index is 534. The number of benzene rings is 1. The molecular formula is C17H19NO. The minimum atomic E-state index is -0.463. The Kier molecular flexibility index (Phi) is 3.60. The molecule has 1 aromatic heterocycles. The van der Waals surface area contributed by atoms with Crippen LogP contribution >= 0.6 is 0 Å². The van der Waals surface area contributed by atoms with Gasteiger partial charge >= 0.3 is 0 Å². The zero-order valence-electron chi connectivity index (χ0n) is 11.0. The topological polar surface area (TPSA) is 33.1 Å². The second kappa shape index (κ2) is 5.54. The van der Waals surface area contributed by atoms with Gasteiger partial charge in [-0.1, -0.05) is 36.8 Å². The predicted molar refractivity (Wildman–Crippen MR) is 75.9 cm³/mol. The van der Waals surface area contributed by atoms with E-state index in [9.17, 15) is 5.11 Å². The average molecular weight is 253 g/mol. The Morgan fingerprint density at radius 2 is 2.05 bits per heavy atom. The summed E-state index contributed by atoms with van der Waals surface area (Å²) in [6.45, 7) is 0. The highest BCUT2D eigenvalue weighted by Gasteiger charge is 2.20. The fraction of sp³-hybridized carbons (Fsp3) is 0.353. The first kappa shape index (κ1) is 12.4. The highest BCUT2D eigenvalue weighted by atomic mass is 16.3. The second-order valence-corrected chi connectivity index (χ2v) is 5.34. The summed E-state index contributed by atoms with van der Waals surface area (Å²) in [6.07, 6.45) is 5.81. The van der Waals surface area contributed by atoms with E-state index in [2.05, 4.69) is 23.2 Å². The Hall–Kier alpha value is -1.67. The third-order valence-corrected chi connectivity index (χ3v) is 4.00. The van der Waals surface area contributed by atoms with Crippen LogP contribution in [0.1, 0.15) is 48.1 Å². The first-order valence-electron chi connectivity index (χ1n) is 7.01. The molecule has 2 heteroatoms. The van der Waals surface area contributed by atoms with E-state index in [4.69, 9.17) is 0 Å². The van der Waals surface area contributed by atoms with Gasteiger partial charge in [-0.2, -0.15) is 0 Å². The van der Waals surface area contributed by atoms with Crippen molar-refractivity contribution in [3.8, 4) is 0 Å². The summed E-state index contributed by atoms with van der Waals surface area (Å²) in [5.74, 6) is 0.710. The monoisotopic (exact) mass is 253 g/mol. The predicted octanol–water partition coefficient (Wildman–Crippen LogP) is 3.63. The smallest absolute Gasteiger partial charge is 0.0845 e. The maximum Gasteiger partial charge on any atom is 0.0845 e. The third kappa shape index (κ3) is 2.85. The van der Waals surface area contributed by atoms with Gasteiger partial charge in [-0.3, -0.25) is 4.98 Å². The average Bonchev–Trinajstić information content (AvgIpc) is 2.38. The molecule has 1 fully saturated rings. The van der Waals surface area contributed by atoms with Crippen molar-refractivity contribution in [1.82, 2.24) is 4.98 Å². The van der Waals surface area contributed by atoms with Crippen LogP contribution in [0.15, 0.2) is 48.7 Å². The first-order valence-corrected chi connectivity index (χ1v) is 7.01. The van der Waals surface area contributed by atoms with Crippen LogP contribution in [-0.4, -0.2) is 10.1 Å². The standard InChI is InChI=1S/C17H19NO/c19-17(12-16-9-1-2-10-18-16)15-8-4-7-14(11-15)13-5-3-6-13/h1-2,4,7-11,13,17,19H,3,5-6,12H2. The number of hydrogen-bond donors (Lipinski definition) is 1. The van der Waals surface area contributed by atoms with Crippen molar-refractivity contribution in [2.75, 3.05) is 0 Å². The molecule has 0 amide bonds. The van der Waals surface area contributed by atoms with Crippen molar-refractivity contribution >= 4 is 0 Å². The van der Waals surface area contributed by atoms with Gasteiger partial charge in [-0.15, -0.1) is 0 Å². The van der Waals surface area contributed by atoms with Gasteiger partial charge in [0.25, 0.3) is 0 Å². The number of hydrogen-bond acceptors (Lipinski definition) is 2. The number of aliphatic hydroxyl groups excluding tert-OH is 1. The quantitative estimate of drug-likeness (QED) is 0.902. The van der Waals surface area contributed by atoms with Crippen LogP contribution in [0.4, 0.5) is 0 Å². The van der Waals surface area contributed by atoms with E-state index in [-0.39, 0.29) is 0 Å². The molecule has 2 nitrogen and oxygen atoms in total. The molecule has 1 aliphatic rings. The maximum atomic E-state index is 10.3. The minimum Gasteiger partial charge on any atom is -0.388 e. The molecular weight excluding hydrogens is 234 g/mol. The lowest BCUT2D eigenvalue weighted by molar-refractivity contribution is 0.177. The lowest BCUT2D eigenvalue weighted by Crippen LogP contribution is -2.10. The summed E-state index contributed by atoms with van der Waals surface area (Å²) in [4.78, 5) is 4.27. The van der Waals surface area contributed by atoms with Gasteiger partial charge in [-0.05, 0) is 42.0 Å². The van der Waals surface area contributed by atoms with Crippen molar-refractivity contribution in [3.05, 3.63) is 65.5 Å². The van der Waals surface area contributed by atoms with E-state index >= 15 is 0 Å². The zero-order chi connectivity index (χ0) is 13.1. The first-order chi connectivity index (χ1) is 9.33. The number of aliphatic hydroxyl groups is 1. The summed E-state index contributed by atoms with van der Waals surface area (Å²) in [5.41, 5.74) is 3.32. The van der Waals surface area contributed by atoms with Crippen molar-refractivity contribution < 1.29 is 5.11 Å². The van der Waals surface area contributed by atoms with Crippen LogP contribution in [0.5, 0.6) is 0 Å². The molecule has 0 spiro atoms. The van der Waals surface area contributed by atoms with E-state index in [1.165, 1.54) is 24.8 Å². The fourth-order valence-corrected chi connectivity index (χ4v) is 2.60. The van der Waals surface area contributed by atoms with Crippen LogP contribution in [-0.2, 0) is 6.42 Å². The maximum absolute atomic E-state index is 10.3. The van der Waals surface area contributed by atoms with Crippen molar-refractivity contribution in [2.45, 2.75) is 37.7 Å². The van der Waals surface area contributed by atoms with Crippen LogP contribution in [0.3, 0.4) is 0 Å². The molecule has 1 N–H and O–H groups in total. The molecule has 19 heavy (non-hydrogen) atoms. The van der Waals surface area contributed by atoms with E-state index in [1.54, 1.807) is 6.20 Å². The normalized spacial score (nSPS) is 16.9. The van der Waals surface area contributed by atoms with Crippen molar-refractivity contribution in [3.63, 3.8) is 0 Å². The lowest BCUT2D eigenvalue weighted by atomic mass is 9.79. The summed E-state index contributed by atoms with van der Waals surface area (Å²) in [6, 6.07) is 14.2. The Labute approximate surface area is 114 Å². The molecule has 98 valence electrons. The summed E-state index contributed by atoms with van der Waals surface area (Å²) >= 11 is 0. The van der Waals surface area contributed by atoms with Crippen LogP contribution in [0.25, 0.3) is 0 Å². The van der Waals surface area contributed by atoms with Gasteiger partial charge in [-0.25, -0.2) is 0 Å². The molecule has 1 heterocycles. The van der Waals surface area contributed by atoms with Gasteiger partial charge in [0.15, 0.2) is 0 Å². The second-order valence-electron chi connectivity index (χ2n) is 5.34. The molecule has 0 saturated heterocycles. The minimum absolute atomic E-state index is 0.463. The zero-order valence-corrected chi connectivity index (χ0v) is 11.0.